The zero-order chi connectivity index (χ0) is 50.3. The van der Waals surface area contributed by atoms with Crippen LogP contribution in [0.15, 0.2) is 182 Å². The van der Waals surface area contributed by atoms with Gasteiger partial charge in [0.25, 0.3) is 0 Å². The molecule has 13 aromatic rings. The minimum Gasteiger partial charge on any atom is -0.0622 e. The Balaban J connectivity index is 0.988. The Morgan fingerprint density at radius 2 is 1.07 bits per heavy atom. The second kappa shape index (κ2) is 15.5. The maximum absolute atomic E-state index is 8.78. The van der Waals surface area contributed by atoms with Gasteiger partial charge in [-0.15, -0.1) is 0 Å². The van der Waals surface area contributed by atoms with E-state index in [2.05, 4.69) is 200 Å². The molecule has 0 unspecified atom stereocenters. The van der Waals surface area contributed by atoms with Crippen LogP contribution < -0.4 is 4.74 Å². The fourth-order valence-electron chi connectivity index (χ4n) is 10.7. The number of aromatic nitrogens is 5. The third kappa shape index (κ3) is 6.57. The normalized spacial score (nSPS) is 13.4. The smallest absolute Gasteiger partial charge is 0.0622 e. The number of hydrogen-bond donors (Lipinski definition) is 0. The molecule has 0 fully saturated rings. The molecule has 0 radical (unpaired) electrons. The van der Waals surface area contributed by atoms with Crippen LogP contribution >= 0.6 is 0 Å². The minimum atomic E-state index is -2.41. The van der Waals surface area contributed by atoms with E-state index < -0.39 is 6.85 Å². The van der Waals surface area contributed by atoms with Crippen LogP contribution in [0.25, 0.3) is 99.3 Å². The zero-order valence-corrected chi connectivity index (χ0v) is 42.1. The third-order valence-electron chi connectivity index (χ3n) is 14.2. The summed E-state index contributed by atoms with van der Waals surface area (Å²) in [5, 5.41) is 6.79. The molecule has 8 aromatic carbocycles. The topological polar surface area (TPSA) is 41.3 Å². The number of benzene rings is 8. The molecule has 6 nitrogen and oxygen atoms in total. The van der Waals surface area contributed by atoms with Crippen molar-refractivity contribution in [2.75, 3.05) is 0 Å². The van der Waals surface area contributed by atoms with Gasteiger partial charge in [-0.1, -0.05) is 66.7 Å². The molecular weight excluding hydrogens is 1040 g/mol. The van der Waals surface area contributed by atoms with E-state index in [0.29, 0.717) is 22.9 Å². The Hall–Kier alpha value is -7.53. The zero-order valence-electron chi connectivity index (χ0n) is 42.8. The van der Waals surface area contributed by atoms with Crippen LogP contribution in [0.3, 0.4) is 0 Å². The Bertz CT molecular complexity index is 4420. The minimum absolute atomic E-state index is 0.0365. The van der Waals surface area contributed by atoms with Crippen molar-refractivity contribution >= 4 is 70.9 Å². The van der Waals surface area contributed by atoms with Crippen LogP contribution in [-0.4, -0.2) is 23.1 Å². The van der Waals surface area contributed by atoms with Gasteiger partial charge in [0.15, 0.2) is 0 Å². The van der Waals surface area contributed by atoms with Crippen LogP contribution in [0.1, 0.15) is 62.3 Å². The molecule has 70 heavy (non-hydrogen) atoms. The number of hydrogen-bond acceptors (Lipinski definition) is 2. The standard InChI is InChI=1S/C63H51N5O.Pt/c1-39-29-60(64-37-53(39)40-17-9-8-10-18-40)67-57-34-46(27-28-48(57)51-35-52-50-23-16-22-49-47-21-11-12-24-54(47)68(61(49)50)59(52)36-58(51)67)69-45-20-15-19-43(33-45)65-38-66(56-26-14-13-25-55(56)65)44-31-41(62(2,3)4)30-42(32-44)63(5,6)7;/h8-37H,1-7H3;/i1D3;. The monoisotopic (exact) mass is 1090 g/mol. The predicted octanol–water partition coefficient (Wildman–Crippen LogP) is 16.5. The van der Waals surface area contributed by atoms with Crippen molar-refractivity contribution < 1.29 is 28.2 Å². The first-order valence-corrected chi connectivity index (χ1v) is 25.0. The van der Waals surface area contributed by atoms with Gasteiger partial charge in [-0.2, -0.15) is 0 Å². The first-order valence-electron chi connectivity index (χ1n) is 25.4. The average Bonchev–Trinajstić information content (AvgIpc) is 4.09. The fraction of sp³-hybridized carbons (Fsp3) is 0.143. The number of ether oxygens (including phenoxy) is 1. The Morgan fingerprint density at radius 1 is 0.471 bits per heavy atom. The van der Waals surface area contributed by atoms with Gasteiger partial charge in [0.05, 0.1) is 16.6 Å². The molecule has 0 aliphatic rings. The van der Waals surface area contributed by atoms with Crippen LogP contribution in [0.5, 0.6) is 11.5 Å². The molecule has 0 bridgehead atoms. The van der Waals surface area contributed by atoms with Crippen molar-refractivity contribution in [3.63, 3.8) is 0 Å². The second-order valence-corrected chi connectivity index (χ2v) is 21.7. The summed E-state index contributed by atoms with van der Waals surface area (Å²) in [5.41, 5.74) is 13.6. The summed E-state index contributed by atoms with van der Waals surface area (Å²) in [7, 11) is 0. The van der Waals surface area contributed by atoms with Crippen LogP contribution in [-0.2, 0) is 30.2 Å². The van der Waals surface area contributed by atoms with Gasteiger partial charge in [0.1, 0.15) is 0 Å². The molecule has 5 aromatic heterocycles. The summed E-state index contributed by atoms with van der Waals surface area (Å²) < 4.78 is 43.4. The van der Waals surface area contributed by atoms with Gasteiger partial charge in [0.2, 0.25) is 0 Å². The molecule has 0 aliphatic carbocycles. The third-order valence-corrected chi connectivity index (χ3v) is 15.2. The maximum atomic E-state index is 8.78. The molecule has 0 spiro atoms. The summed E-state index contributed by atoms with van der Waals surface area (Å²) in [4.78, 5) is 5.09. The number of imidazole rings is 1. The summed E-state index contributed by atoms with van der Waals surface area (Å²) in [6.07, 6.45) is 1.71. The van der Waals surface area contributed by atoms with Gasteiger partial charge in [-0.25, -0.2) is 0 Å². The van der Waals surface area contributed by atoms with Crippen molar-refractivity contribution in [2.45, 2.75) is 59.2 Å². The Morgan fingerprint density at radius 3 is 1.80 bits per heavy atom. The number of pyridine rings is 1. The van der Waals surface area contributed by atoms with E-state index >= 15 is 0 Å². The summed E-state index contributed by atoms with van der Waals surface area (Å²) in [5.74, 6) is 1.82. The predicted molar refractivity (Wildman–Crippen MR) is 287 cm³/mol. The number of nitrogens with zero attached hydrogens (tertiary/aromatic N) is 5. The van der Waals surface area contributed by atoms with Gasteiger partial charge < -0.3 is 4.40 Å². The van der Waals surface area contributed by atoms with E-state index in [1.807, 2.05) is 48.5 Å². The van der Waals surface area contributed by atoms with Gasteiger partial charge in [-0.3, -0.25) is 0 Å². The Labute approximate surface area is 421 Å². The molecule has 0 N–H and O–H groups in total. The summed E-state index contributed by atoms with van der Waals surface area (Å²) >= 11 is 2.47. The fourth-order valence-corrected chi connectivity index (χ4v) is 11.8. The van der Waals surface area contributed by atoms with E-state index in [9.17, 15) is 0 Å². The van der Waals surface area contributed by atoms with E-state index in [1.54, 1.807) is 12.3 Å². The van der Waals surface area contributed by atoms with Crippen LogP contribution in [0.2, 0.25) is 0 Å². The van der Waals surface area contributed by atoms with Crippen LogP contribution in [0, 0.1) is 10.7 Å². The van der Waals surface area contributed by atoms with E-state index in [0.717, 1.165) is 70.0 Å². The van der Waals surface area contributed by atoms with Crippen molar-refractivity contribution in [1.29, 1.82) is 0 Å². The van der Waals surface area contributed by atoms with Crippen LogP contribution in [0.4, 0.5) is 0 Å². The second-order valence-electron chi connectivity index (χ2n) is 20.7. The summed E-state index contributed by atoms with van der Waals surface area (Å²) in [6.45, 7) is 11.3. The van der Waals surface area contributed by atoms with Crippen molar-refractivity contribution in [2.24, 2.45) is 0 Å². The molecule has 0 amide bonds. The molecular formula is C63H51N5OPt. The van der Waals surface area contributed by atoms with Crippen molar-refractivity contribution in [1.82, 2.24) is 23.1 Å². The number of rotatable bonds is 6. The molecule has 344 valence electrons. The average molecular weight is 1090 g/mol. The molecule has 0 saturated heterocycles. The Kier molecular flexibility index (Phi) is 8.70. The summed E-state index contributed by atoms with van der Waals surface area (Å²) in [6, 6.07) is 61.2. The van der Waals surface area contributed by atoms with Crippen molar-refractivity contribution in [3.8, 4) is 39.8 Å². The first kappa shape index (κ1) is 39.3. The number of aryl methyl sites for hydroxylation is 1. The number of para-hydroxylation sites is 4. The molecule has 0 aliphatic heterocycles. The van der Waals surface area contributed by atoms with E-state index in [-0.39, 0.29) is 16.4 Å². The molecule has 5 heterocycles. The first-order chi connectivity index (χ1) is 35.0. The van der Waals surface area contributed by atoms with Gasteiger partial charge in [0, 0.05) is 37.4 Å². The molecule has 0 atom stereocenters. The SMILES string of the molecule is [2H]C([2H])([2H])c1cc(-n2c3cc(Oc4cccc(-n5[c](=[Pt])n(-c6cc(C(C)(C)C)cc(C(C)(C)C)c6)c6ccccc65)c4)ccc3c3cc4c5cccc6c7ccccc7n(c4cc32)c65)ncc1-c1ccccc1. The van der Waals surface area contributed by atoms with E-state index in [1.165, 1.54) is 32.8 Å². The van der Waals surface area contributed by atoms with E-state index in [4.69, 9.17) is 13.8 Å². The van der Waals surface area contributed by atoms with Gasteiger partial charge in [-0.05, 0) is 24.0 Å². The molecule has 7 heteroatoms. The quantitative estimate of drug-likeness (QED) is 0.166. The molecule has 13 rings (SSSR count). The van der Waals surface area contributed by atoms with Gasteiger partial charge >= 0.3 is 275 Å². The van der Waals surface area contributed by atoms with Crippen molar-refractivity contribution in [3.05, 3.63) is 203 Å². The number of fused-ring (bicyclic) bond motifs is 10. The molecule has 0 saturated carbocycles.